The Morgan fingerprint density at radius 1 is 1.05 bits per heavy atom. The minimum Gasteiger partial charge on any atom is -0.434 e. The van der Waals surface area contributed by atoms with Crippen molar-refractivity contribution >= 4 is 47.6 Å². The molecule has 0 N–H and O–H groups in total. The summed E-state index contributed by atoms with van der Waals surface area (Å²) in [6.45, 7) is 4.26. The van der Waals surface area contributed by atoms with Crippen molar-refractivity contribution in [1.82, 2.24) is 19.4 Å². The molecule has 0 spiro atoms. The molecule has 6 rings (SSSR count). The Kier molecular flexibility index (Phi) is 6.54. The van der Waals surface area contributed by atoms with E-state index in [1.807, 2.05) is 48.7 Å². The normalized spacial score (nSPS) is 18.7. The van der Waals surface area contributed by atoms with Crippen LogP contribution in [-0.4, -0.2) is 74.1 Å². The van der Waals surface area contributed by atoms with Crippen LogP contribution >= 0.6 is 7.14 Å². The first kappa shape index (κ1) is 28.7. The van der Waals surface area contributed by atoms with Crippen LogP contribution < -0.4 is 4.74 Å². The van der Waals surface area contributed by atoms with Gasteiger partial charge in [-0.25, -0.2) is 4.98 Å². The highest BCUT2D eigenvalue weighted by atomic mass is 31.2. The number of imidazole rings is 1. The average Bonchev–Trinajstić information content (AvgIpc) is 3.40. The molecule has 13 heteroatoms. The van der Waals surface area contributed by atoms with Crippen molar-refractivity contribution in [2.24, 2.45) is 0 Å². The number of hydrogen-bond acceptors (Lipinski definition) is 5. The Hall–Kier alpha value is -3.39. The summed E-state index contributed by atoms with van der Waals surface area (Å²) in [6, 6.07) is 12.6. The van der Waals surface area contributed by atoms with Gasteiger partial charge in [0.05, 0.1) is 64.6 Å². The molecule has 2 aliphatic heterocycles. The van der Waals surface area contributed by atoms with Gasteiger partial charge in [0.1, 0.15) is 11.6 Å². The van der Waals surface area contributed by atoms with Gasteiger partial charge in [-0.05, 0) is 63.1 Å². The van der Waals surface area contributed by atoms with Crippen LogP contribution in [0, 0.1) is 0 Å². The second-order valence-electron chi connectivity index (χ2n) is 11.8. The zero-order chi connectivity index (χ0) is 30.4. The molecule has 1 unspecified atom stereocenters. The molecule has 2 bridgehead atoms. The first-order valence-electron chi connectivity index (χ1n) is 13.4. The number of rotatable bonds is 6. The predicted molar refractivity (Wildman–Crippen MR) is 160 cm³/mol. The van der Waals surface area contributed by atoms with E-state index in [0.717, 1.165) is 27.2 Å². The highest BCUT2D eigenvalue weighted by Crippen LogP contribution is 2.57. The van der Waals surface area contributed by atoms with Gasteiger partial charge in [-0.3, -0.25) is 9.78 Å². The van der Waals surface area contributed by atoms with Crippen molar-refractivity contribution in [3.63, 3.8) is 0 Å². The Morgan fingerprint density at radius 2 is 1.76 bits per heavy atom. The minimum atomic E-state index is -3.10. The van der Waals surface area contributed by atoms with Gasteiger partial charge in [-0.15, -0.1) is 0 Å². The molecule has 0 saturated carbocycles. The molecule has 7 nitrogen and oxygen atoms in total. The lowest BCUT2D eigenvalue weighted by molar-refractivity contribution is -0.0507. The fourth-order valence-electron chi connectivity index (χ4n) is 5.94. The molecule has 4 aromatic rings. The van der Waals surface area contributed by atoms with Crippen LogP contribution in [0.4, 0.5) is 8.78 Å². The third-order valence-corrected chi connectivity index (χ3v) is 11.6. The minimum absolute atomic E-state index is 0.115. The van der Waals surface area contributed by atoms with Crippen LogP contribution in [0.3, 0.4) is 0 Å². The summed E-state index contributed by atoms with van der Waals surface area (Å²) in [5.74, 6) is -0.224. The lowest BCUT2D eigenvalue weighted by Crippen LogP contribution is -2.54. The fraction of sp³-hybridized carbons (Fsp3) is 0.345. The topological polar surface area (TPSA) is 77.3 Å². The number of hydrogen-bond donors (Lipinski definition) is 0. The van der Waals surface area contributed by atoms with Crippen molar-refractivity contribution in [3.8, 4) is 16.9 Å². The third kappa shape index (κ3) is 4.41. The molecule has 4 heterocycles. The molecule has 2 aromatic carbocycles. The molecular weight excluding hydrogens is 554 g/mol. The van der Waals surface area contributed by atoms with Crippen molar-refractivity contribution in [1.29, 1.82) is 0 Å². The van der Waals surface area contributed by atoms with Gasteiger partial charge in [-0.1, -0.05) is 23.4 Å². The molecule has 0 aliphatic carbocycles. The molecular formula is C29H26B3F2N4O3P. The van der Waals surface area contributed by atoms with Crippen LogP contribution in [0.25, 0.3) is 22.2 Å². The smallest absolute Gasteiger partial charge is 0.387 e. The molecule has 2 aromatic heterocycles. The second-order valence-corrected chi connectivity index (χ2v) is 15.6. The summed E-state index contributed by atoms with van der Waals surface area (Å²) >= 11 is 0. The Labute approximate surface area is 246 Å². The highest BCUT2D eigenvalue weighted by Gasteiger charge is 2.48. The van der Waals surface area contributed by atoms with Crippen molar-refractivity contribution in [2.75, 3.05) is 13.3 Å². The van der Waals surface area contributed by atoms with Crippen LogP contribution in [0.1, 0.15) is 59.8 Å². The average molecular weight is 580 g/mol. The Morgan fingerprint density at radius 3 is 2.38 bits per heavy atom. The number of ether oxygens (including phenoxy) is 1. The van der Waals surface area contributed by atoms with E-state index in [1.165, 1.54) is 18.2 Å². The van der Waals surface area contributed by atoms with Crippen LogP contribution in [0.5, 0.6) is 5.75 Å². The summed E-state index contributed by atoms with van der Waals surface area (Å²) in [4.78, 5) is 24.3. The van der Waals surface area contributed by atoms with Crippen molar-refractivity contribution in [2.45, 2.75) is 49.4 Å². The van der Waals surface area contributed by atoms with E-state index < -0.39 is 42.1 Å². The lowest BCUT2D eigenvalue weighted by Gasteiger charge is -2.41. The number of aromatic nitrogens is 3. The maximum atomic E-state index is 13.7. The monoisotopic (exact) mass is 580 g/mol. The zero-order valence-corrected chi connectivity index (χ0v) is 24.5. The Bertz CT molecular complexity index is 1780. The number of amides is 1. The molecule has 2 aliphatic rings. The molecule has 42 heavy (non-hydrogen) atoms. The fourth-order valence-corrected chi connectivity index (χ4v) is 6.62. The van der Waals surface area contributed by atoms with E-state index in [1.54, 1.807) is 19.5 Å². The number of benzene rings is 2. The third-order valence-electron chi connectivity index (χ3n) is 8.64. The van der Waals surface area contributed by atoms with Crippen molar-refractivity contribution < 1.29 is 22.9 Å². The van der Waals surface area contributed by atoms with Crippen molar-refractivity contribution in [3.05, 3.63) is 77.4 Å². The summed E-state index contributed by atoms with van der Waals surface area (Å²) in [5, 5.41) is -2.63. The maximum Gasteiger partial charge on any atom is 0.387 e. The number of fused-ring (bicyclic) bond motifs is 9. The number of nitrogens with zero attached hydrogens (tertiary/aromatic N) is 4. The first-order chi connectivity index (χ1) is 19.6. The van der Waals surface area contributed by atoms with Crippen LogP contribution in [-0.2, 0) is 9.72 Å². The lowest BCUT2D eigenvalue weighted by atomic mass is 9.48. The quantitative estimate of drug-likeness (QED) is 0.233. The zero-order valence-electron chi connectivity index (χ0n) is 23.6. The van der Waals surface area contributed by atoms with Gasteiger partial charge in [0.2, 0.25) is 0 Å². The van der Waals surface area contributed by atoms with Gasteiger partial charge in [0, 0.05) is 29.3 Å². The van der Waals surface area contributed by atoms with Gasteiger partial charge in [0.25, 0.3) is 5.91 Å². The number of pyridine rings is 1. The van der Waals surface area contributed by atoms with E-state index >= 15 is 0 Å². The molecule has 208 valence electrons. The molecule has 2 atom stereocenters. The number of carbonyl (C=O) groups excluding carboxylic acids is 1. The van der Waals surface area contributed by atoms with Gasteiger partial charge in [-0.2, -0.15) is 8.78 Å². The van der Waals surface area contributed by atoms with E-state index in [-0.39, 0.29) is 17.7 Å². The summed E-state index contributed by atoms with van der Waals surface area (Å²) in [5.41, 5.74) is 4.17. The van der Waals surface area contributed by atoms with Crippen LogP contribution in [0.2, 0.25) is 0 Å². The SMILES string of the molecule is [B]C([B])([B])N1C(=O)c2cccc(OC(F)F)c2C2C[C@@H]1c1nc3ccc(-c4ccc(C(C)(C)P(C)(C)=O)nc4)cc3n12. The standard InChI is InChI=1S/C29H26B3F2N4O3P/c1-28(2,42(3,4)40)23-11-9-16(14-35-23)15-8-10-18-19(12-15)37-20-13-21(25(37)36-18)38(29(30,31)32)26(39)17-6-5-7-22(24(17)20)41-27(33)34/h5-12,14,20-21,27H,13H2,1-4H3/t20?,21-/m1/s1. The van der Waals surface area contributed by atoms with Gasteiger partial charge in [0.15, 0.2) is 0 Å². The maximum absolute atomic E-state index is 13.7. The summed E-state index contributed by atoms with van der Waals surface area (Å²) in [7, 11) is 15.8. The highest BCUT2D eigenvalue weighted by molar-refractivity contribution is 7.63. The summed E-state index contributed by atoms with van der Waals surface area (Å²) in [6.07, 6.45) is 2.01. The first-order valence-corrected chi connectivity index (χ1v) is 16.0. The number of alkyl halides is 2. The van der Waals surface area contributed by atoms with E-state index in [2.05, 4.69) is 4.98 Å². The van der Waals surface area contributed by atoms with Gasteiger partial charge >= 0.3 is 6.61 Å². The van der Waals surface area contributed by atoms with E-state index in [0.29, 0.717) is 16.9 Å². The number of halogens is 2. The Balaban J connectivity index is 1.52. The molecule has 6 radical (unpaired) electrons. The molecule has 0 fully saturated rings. The number of carbonyl (C=O) groups is 1. The van der Waals surface area contributed by atoms with Gasteiger partial charge < -0.3 is 18.8 Å². The van der Waals surface area contributed by atoms with E-state index in [9.17, 15) is 18.1 Å². The summed E-state index contributed by atoms with van der Waals surface area (Å²) < 4.78 is 46.6. The van der Waals surface area contributed by atoms with Crippen LogP contribution in [0.15, 0.2) is 54.7 Å². The van der Waals surface area contributed by atoms with E-state index in [4.69, 9.17) is 33.3 Å². The molecule has 0 saturated heterocycles. The molecule has 1 amide bonds. The largest absolute Gasteiger partial charge is 0.434 e. The second kappa shape index (κ2) is 9.56. The predicted octanol–water partition coefficient (Wildman–Crippen LogP) is 5.16.